The number of methoxy groups -OCH3 is 2. The van der Waals surface area contributed by atoms with Crippen molar-refractivity contribution in [2.75, 3.05) is 14.2 Å². The number of amides is 1. The zero-order chi connectivity index (χ0) is 21.8. The molecule has 0 aliphatic rings. The van der Waals surface area contributed by atoms with Gasteiger partial charge in [-0.3, -0.25) is 9.89 Å². The monoisotopic (exact) mass is 414 g/mol. The number of aromatic nitrogens is 2. The number of ether oxygens (including phenoxy) is 2. The van der Waals surface area contributed by atoms with E-state index in [0.29, 0.717) is 28.6 Å². The van der Waals surface area contributed by atoms with E-state index in [1.54, 1.807) is 39.3 Å². The Labute approximate surface area is 179 Å². The number of nitrogens with zero attached hydrogens (tertiary/aromatic N) is 2. The van der Waals surface area contributed by atoms with Gasteiger partial charge in [0.25, 0.3) is 5.91 Å². The minimum absolute atomic E-state index is 0.326. The molecule has 0 bridgehead atoms. The smallest absolute Gasteiger partial charge is 0.289 e. The van der Waals surface area contributed by atoms with Gasteiger partial charge in [-0.15, -0.1) is 0 Å². The maximum atomic E-state index is 12.6. The van der Waals surface area contributed by atoms with E-state index in [2.05, 4.69) is 20.7 Å². The molecule has 2 N–H and O–H groups in total. The van der Waals surface area contributed by atoms with Crippen molar-refractivity contribution < 1.29 is 14.3 Å². The molecular weight excluding hydrogens is 392 g/mol. The molecule has 4 rings (SSSR count). The second-order valence-electron chi connectivity index (χ2n) is 6.90. The van der Waals surface area contributed by atoms with Crippen LogP contribution in [0, 0.1) is 0 Å². The van der Waals surface area contributed by atoms with E-state index in [-0.39, 0.29) is 5.91 Å². The molecule has 0 saturated heterocycles. The van der Waals surface area contributed by atoms with Crippen LogP contribution >= 0.6 is 0 Å². The number of carbonyl (C=O) groups is 1. The van der Waals surface area contributed by atoms with Crippen LogP contribution in [-0.2, 0) is 0 Å². The lowest BCUT2D eigenvalue weighted by Gasteiger charge is -2.09. The van der Waals surface area contributed by atoms with Crippen molar-refractivity contribution in [2.24, 2.45) is 5.10 Å². The highest BCUT2D eigenvalue weighted by Crippen LogP contribution is 2.28. The Bertz CT molecular complexity index is 1270. The highest BCUT2D eigenvalue weighted by Gasteiger charge is 2.13. The molecule has 0 saturated carbocycles. The number of aromatic amines is 1. The first kappa shape index (κ1) is 20.2. The van der Waals surface area contributed by atoms with Crippen molar-refractivity contribution in [1.29, 1.82) is 0 Å². The van der Waals surface area contributed by atoms with Gasteiger partial charge in [0.1, 0.15) is 5.69 Å². The van der Waals surface area contributed by atoms with E-state index in [0.717, 1.165) is 21.9 Å². The van der Waals surface area contributed by atoms with Crippen LogP contribution in [0.5, 0.6) is 11.5 Å². The third kappa shape index (κ3) is 4.11. The molecule has 0 spiro atoms. The zero-order valence-corrected chi connectivity index (χ0v) is 17.5. The molecule has 0 atom stereocenters. The predicted octanol–water partition coefficient (Wildman–Crippen LogP) is 4.40. The summed E-state index contributed by atoms with van der Waals surface area (Å²) in [7, 11) is 3.15. The van der Waals surface area contributed by atoms with Crippen LogP contribution in [0.2, 0.25) is 0 Å². The van der Waals surface area contributed by atoms with Crippen LogP contribution in [-0.4, -0.2) is 36.0 Å². The Morgan fingerprint density at radius 1 is 0.968 bits per heavy atom. The van der Waals surface area contributed by atoms with Gasteiger partial charge in [-0.2, -0.15) is 10.2 Å². The van der Waals surface area contributed by atoms with Gasteiger partial charge in [0, 0.05) is 11.1 Å². The fourth-order valence-electron chi connectivity index (χ4n) is 3.35. The molecule has 3 aromatic carbocycles. The number of H-pyrrole nitrogens is 1. The molecule has 7 heteroatoms. The molecule has 31 heavy (non-hydrogen) atoms. The van der Waals surface area contributed by atoms with Crippen LogP contribution in [0.15, 0.2) is 71.8 Å². The third-order valence-corrected chi connectivity index (χ3v) is 5.01. The lowest BCUT2D eigenvalue weighted by Crippen LogP contribution is -2.19. The first-order valence-electron chi connectivity index (χ1n) is 9.71. The van der Waals surface area contributed by atoms with Crippen molar-refractivity contribution in [3.05, 3.63) is 78.0 Å². The summed E-state index contributed by atoms with van der Waals surface area (Å²) >= 11 is 0. The number of hydrazone groups is 1. The molecule has 0 unspecified atom stereocenters. The molecule has 1 aromatic heterocycles. The number of hydrogen-bond donors (Lipinski definition) is 2. The Kier molecular flexibility index (Phi) is 5.66. The van der Waals surface area contributed by atoms with Crippen LogP contribution in [0.4, 0.5) is 0 Å². The first-order valence-corrected chi connectivity index (χ1v) is 9.71. The van der Waals surface area contributed by atoms with Gasteiger partial charge in [0.15, 0.2) is 11.5 Å². The van der Waals surface area contributed by atoms with Gasteiger partial charge in [0.05, 0.1) is 25.6 Å². The van der Waals surface area contributed by atoms with E-state index < -0.39 is 0 Å². The van der Waals surface area contributed by atoms with E-state index in [4.69, 9.17) is 9.47 Å². The van der Waals surface area contributed by atoms with Crippen molar-refractivity contribution >= 4 is 22.4 Å². The molecule has 7 nitrogen and oxygen atoms in total. The normalized spacial score (nSPS) is 11.4. The van der Waals surface area contributed by atoms with Gasteiger partial charge in [-0.25, -0.2) is 5.43 Å². The van der Waals surface area contributed by atoms with Crippen LogP contribution in [0.1, 0.15) is 23.0 Å². The number of fused-ring (bicyclic) bond motifs is 1. The minimum atomic E-state index is -0.376. The van der Waals surface area contributed by atoms with Gasteiger partial charge in [-0.1, -0.05) is 42.5 Å². The average molecular weight is 414 g/mol. The van der Waals surface area contributed by atoms with Gasteiger partial charge >= 0.3 is 0 Å². The standard InChI is InChI=1S/C24H22N4O3/c1-15(17-11-12-22(30-2)23(13-17)31-3)25-28-24(29)21-14-20(26-27-21)19-10-6-8-16-7-4-5-9-18(16)19/h4-14H,1-3H3,(H,26,27)(H,28,29)/b25-15+. The number of carbonyl (C=O) groups excluding carboxylic acids is 1. The van der Waals surface area contributed by atoms with E-state index in [1.165, 1.54) is 0 Å². The van der Waals surface area contributed by atoms with E-state index >= 15 is 0 Å². The average Bonchev–Trinajstić information content (AvgIpc) is 3.31. The summed E-state index contributed by atoms with van der Waals surface area (Å²) in [6.45, 7) is 1.80. The Balaban J connectivity index is 1.53. The maximum Gasteiger partial charge on any atom is 0.289 e. The van der Waals surface area contributed by atoms with Crippen LogP contribution in [0.25, 0.3) is 22.0 Å². The van der Waals surface area contributed by atoms with E-state index in [1.807, 2.05) is 48.5 Å². The van der Waals surface area contributed by atoms with Crippen molar-refractivity contribution in [3.8, 4) is 22.8 Å². The Hall–Kier alpha value is -4.13. The summed E-state index contributed by atoms with van der Waals surface area (Å²) in [6.07, 6.45) is 0. The minimum Gasteiger partial charge on any atom is -0.493 e. The molecule has 0 aliphatic heterocycles. The highest BCUT2D eigenvalue weighted by atomic mass is 16.5. The van der Waals surface area contributed by atoms with Gasteiger partial charge < -0.3 is 9.47 Å². The Morgan fingerprint density at radius 2 is 1.74 bits per heavy atom. The lowest BCUT2D eigenvalue weighted by atomic mass is 10.0. The zero-order valence-electron chi connectivity index (χ0n) is 17.5. The highest BCUT2D eigenvalue weighted by molar-refractivity contribution is 6.01. The Morgan fingerprint density at radius 3 is 2.55 bits per heavy atom. The summed E-state index contributed by atoms with van der Waals surface area (Å²) in [5, 5.41) is 13.5. The van der Waals surface area contributed by atoms with Gasteiger partial charge in [-0.05, 0) is 42.0 Å². The maximum absolute atomic E-state index is 12.6. The van der Waals surface area contributed by atoms with Crippen molar-refractivity contribution in [3.63, 3.8) is 0 Å². The SMILES string of the molecule is COc1ccc(/C(C)=N/NC(=O)c2cc(-c3cccc4ccccc34)n[nH]2)cc1OC. The van der Waals surface area contributed by atoms with E-state index in [9.17, 15) is 4.79 Å². The summed E-state index contributed by atoms with van der Waals surface area (Å²) in [5.74, 6) is 0.842. The molecule has 4 aromatic rings. The largest absolute Gasteiger partial charge is 0.493 e. The number of benzene rings is 3. The summed E-state index contributed by atoms with van der Waals surface area (Å²) < 4.78 is 10.6. The van der Waals surface area contributed by atoms with Crippen molar-refractivity contribution in [1.82, 2.24) is 15.6 Å². The van der Waals surface area contributed by atoms with Crippen LogP contribution in [0.3, 0.4) is 0 Å². The number of nitrogens with one attached hydrogen (secondary N) is 2. The number of rotatable bonds is 6. The second kappa shape index (κ2) is 8.71. The molecule has 0 aliphatic carbocycles. The lowest BCUT2D eigenvalue weighted by molar-refractivity contribution is 0.0950. The topological polar surface area (TPSA) is 88.6 Å². The van der Waals surface area contributed by atoms with Crippen LogP contribution < -0.4 is 14.9 Å². The first-order chi connectivity index (χ1) is 15.1. The molecule has 156 valence electrons. The van der Waals surface area contributed by atoms with Crippen molar-refractivity contribution in [2.45, 2.75) is 6.92 Å². The summed E-state index contributed by atoms with van der Waals surface area (Å²) in [6, 6.07) is 21.2. The van der Waals surface area contributed by atoms with Gasteiger partial charge in [0.2, 0.25) is 0 Å². The molecule has 1 heterocycles. The summed E-state index contributed by atoms with van der Waals surface area (Å²) in [5.41, 5.74) is 5.98. The fourth-order valence-corrected chi connectivity index (χ4v) is 3.35. The molecule has 1 amide bonds. The number of hydrogen-bond acceptors (Lipinski definition) is 5. The summed E-state index contributed by atoms with van der Waals surface area (Å²) in [4.78, 5) is 12.6. The third-order valence-electron chi connectivity index (χ3n) is 5.01. The molecule has 0 radical (unpaired) electrons. The molecular formula is C24H22N4O3. The predicted molar refractivity (Wildman–Crippen MR) is 121 cm³/mol. The quantitative estimate of drug-likeness (QED) is 0.362. The fraction of sp³-hybridized carbons (Fsp3) is 0.125. The molecule has 0 fully saturated rings. The second-order valence-corrected chi connectivity index (χ2v) is 6.90.